The highest BCUT2D eigenvalue weighted by atomic mass is 79.9. The molecular weight excluding hydrogens is 279 g/mol. The minimum atomic E-state index is -1.15. The molecule has 0 aromatic heterocycles. The zero-order valence-electron chi connectivity index (χ0n) is 7.00. The van der Waals surface area contributed by atoms with Gasteiger partial charge in [0.25, 0.3) is 0 Å². The SMILES string of the molecule is CC(=O)Nc1cc(F)c(F)c(Cl)c1Br. The lowest BCUT2D eigenvalue weighted by molar-refractivity contribution is -0.114. The molecule has 1 N–H and O–H groups in total. The van der Waals surface area contributed by atoms with Crippen molar-refractivity contribution in [1.82, 2.24) is 0 Å². The average molecular weight is 284 g/mol. The molecule has 14 heavy (non-hydrogen) atoms. The summed E-state index contributed by atoms with van der Waals surface area (Å²) in [5.41, 5.74) is 0.0985. The lowest BCUT2D eigenvalue weighted by atomic mass is 10.3. The molecule has 0 unspecified atom stereocenters. The number of rotatable bonds is 1. The first-order valence-corrected chi connectivity index (χ1v) is 4.71. The summed E-state index contributed by atoms with van der Waals surface area (Å²) in [6.45, 7) is 1.25. The molecule has 1 aromatic carbocycles. The van der Waals surface area contributed by atoms with Gasteiger partial charge in [-0.2, -0.15) is 0 Å². The third kappa shape index (κ3) is 2.22. The summed E-state index contributed by atoms with van der Waals surface area (Å²) in [5, 5.41) is 1.91. The van der Waals surface area contributed by atoms with E-state index in [1.165, 1.54) is 6.92 Å². The Hall–Kier alpha value is -0.680. The van der Waals surface area contributed by atoms with Gasteiger partial charge in [0.1, 0.15) is 0 Å². The van der Waals surface area contributed by atoms with E-state index in [2.05, 4.69) is 21.2 Å². The van der Waals surface area contributed by atoms with E-state index in [1.54, 1.807) is 0 Å². The molecule has 0 saturated carbocycles. The first-order valence-electron chi connectivity index (χ1n) is 3.54. The fraction of sp³-hybridized carbons (Fsp3) is 0.125. The van der Waals surface area contributed by atoms with Gasteiger partial charge in [-0.1, -0.05) is 11.6 Å². The topological polar surface area (TPSA) is 29.1 Å². The van der Waals surface area contributed by atoms with Crippen molar-refractivity contribution in [3.8, 4) is 0 Å². The maximum atomic E-state index is 12.9. The summed E-state index contributed by atoms with van der Waals surface area (Å²) >= 11 is 8.40. The number of amides is 1. The van der Waals surface area contributed by atoms with Gasteiger partial charge in [-0.05, 0) is 15.9 Å². The van der Waals surface area contributed by atoms with Crippen LogP contribution in [0.5, 0.6) is 0 Å². The quantitative estimate of drug-likeness (QED) is 0.622. The normalized spacial score (nSPS) is 10.1. The van der Waals surface area contributed by atoms with Crippen LogP contribution in [0, 0.1) is 11.6 Å². The maximum Gasteiger partial charge on any atom is 0.221 e. The molecule has 2 nitrogen and oxygen atoms in total. The Kier molecular flexibility index (Phi) is 3.44. The van der Waals surface area contributed by atoms with Crippen LogP contribution in [0.2, 0.25) is 5.02 Å². The first-order chi connectivity index (χ1) is 6.43. The molecule has 1 rings (SSSR count). The van der Waals surface area contributed by atoms with Crippen molar-refractivity contribution in [3.63, 3.8) is 0 Å². The molecule has 0 bridgehead atoms. The zero-order valence-corrected chi connectivity index (χ0v) is 9.34. The molecule has 1 aromatic rings. The number of benzene rings is 1. The van der Waals surface area contributed by atoms with Crippen molar-refractivity contribution in [2.24, 2.45) is 0 Å². The summed E-state index contributed by atoms with van der Waals surface area (Å²) in [6.07, 6.45) is 0. The molecule has 0 saturated heterocycles. The number of carbonyl (C=O) groups excluding carboxylic acids is 1. The molecule has 76 valence electrons. The van der Waals surface area contributed by atoms with Crippen molar-refractivity contribution in [3.05, 3.63) is 27.2 Å². The highest BCUT2D eigenvalue weighted by Crippen LogP contribution is 2.34. The van der Waals surface area contributed by atoms with Crippen LogP contribution in [-0.2, 0) is 4.79 Å². The number of halogens is 4. The van der Waals surface area contributed by atoms with Gasteiger partial charge in [0.15, 0.2) is 11.6 Å². The van der Waals surface area contributed by atoms with E-state index < -0.39 is 22.6 Å². The summed E-state index contributed by atoms with van der Waals surface area (Å²) in [6, 6.07) is 0.854. The van der Waals surface area contributed by atoms with Gasteiger partial charge in [0.2, 0.25) is 5.91 Å². The molecule has 0 aliphatic heterocycles. The predicted octanol–water partition coefficient (Wildman–Crippen LogP) is 3.34. The zero-order chi connectivity index (χ0) is 10.9. The summed E-state index contributed by atoms with van der Waals surface area (Å²) in [4.78, 5) is 10.7. The van der Waals surface area contributed by atoms with Crippen LogP contribution < -0.4 is 5.32 Å². The Bertz CT molecular complexity index is 397. The van der Waals surface area contributed by atoms with Crippen LogP contribution in [0.1, 0.15) is 6.92 Å². The van der Waals surface area contributed by atoms with Crippen molar-refractivity contribution in [1.29, 1.82) is 0 Å². The van der Waals surface area contributed by atoms with E-state index in [4.69, 9.17) is 11.6 Å². The number of carbonyl (C=O) groups is 1. The van der Waals surface area contributed by atoms with Crippen LogP contribution in [0.15, 0.2) is 10.5 Å². The van der Waals surface area contributed by atoms with Crippen molar-refractivity contribution in [2.75, 3.05) is 5.32 Å². The number of nitrogens with one attached hydrogen (secondary N) is 1. The van der Waals surface area contributed by atoms with Crippen molar-refractivity contribution in [2.45, 2.75) is 6.92 Å². The van der Waals surface area contributed by atoms with Crippen molar-refractivity contribution < 1.29 is 13.6 Å². The summed E-state index contributed by atoms with van der Waals surface area (Å²) in [5.74, 6) is -2.65. The van der Waals surface area contributed by atoms with Crippen molar-refractivity contribution >= 4 is 39.1 Å². The highest BCUT2D eigenvalue weighted by Gasteiger charge is 2.15. The predicted molar refractivity (Wildman–Crippen MR) is 53.4 cm³/mol. The highest BCUT2D eigenvalue weighted by molar-refractivity contribution is 9.10. The molecule has 0 atom stereocenters. The average Bonchev–Trinajstić information content (AvgIpc) is 2.10. The van der Waals surface area contributed by atoms with E-state index in [0.717, 1.165) is 6.07 Å². The molecule has 0 aliphatic rings. The van der Waals surface area contributed by atoms with Gasteiger partial charge in [0, 0.05) is 13.0 Å². The van der Waals surface area contributed by atoms with E-state index in [9.17, 15) is 13.6 Å². The first kappa shape index (κ1) is 11.4. The van der Waals surface area contributed by atoms with Gasteiger partial charge in [0.05, 0.1) is 15.2 Å². The number of anilines is 1. The monoisotopic (exact) mass is 283 g/mol. The van der Waals surface area contributed by atoms with E-state index >= 15 is 0 Å². The molecule has 0 spiro atoms. The molecule has 0 radical (unpaired) electrons. The van der Waals surface area contributed by atoms with Crippen LogP contribution in [-0.4, -0.2) is 5.91 Å². The Morgan fingerprint density at radius 3 is 2.64 bits per heavy atom. The number of hydrogen-bond acceptors (Lipinski definition) is 1. The van der Waals surface area contributed by atoms with Crippen LogP contribution in [0.3, 0.4) is 0 Å². The Balaban J connectivity index is 3.25. The second-order valence-electron chi connectivity index (χ2n) is 2.53. The standard InChI is InChI=1S/C8H5BrClF2NO/c1-3(14)13-5-2-4(11)8(12)7(10)6(5)9/h2H,1H3,(H,13,14). The minimum absolute atomic E-state index is 0.0985. The number of hydrogen-bond donors (Lipinski definition) is 1. The second kappa shape index (κ2) is 4.23. The summed E-state index contributed by atoms with van der Waals surface area (Å²) < 4.78 is 25.8. The molecule has 6 heteroatoms. The molecule has 1 amide bonds. The fourth-order valence-corrected chi connectivity index (χ4v) is 1.43. The van der Waals surface area contributed by atoms with E-state index in [-0.39, 0.29) is 10.2 Å². The Morgan fingerprint density at radius 1 is 1.57 bits per heavy atom. The minimum Gasteiger partial charge on any atom is -0.325 e. The lowest BCUT2D eigenvalue weighted by Crippen LogP contribution is -2.07. The molecule has 0 aliphatic carbocycles. The maximum absolute atomic E-state index is 12.9. The second-order valence-corrected chi connectivity index (χ2v) is 3.70. The third-order valence-electron chi connectivity index (χ3n) is 1.41. The van der Waals surface area contributed by atoms with Gasteiger partial charge in [-0.3, -0.25) is 4.79 Å². The van der Waals surface area contributed by atoms with E-state index in [1.807, 2.05) is 0 Å². The largest absolute Gasteiger partial charge is 0.325 e. The van der Waals surface area contributed by atoms with Crippen LogP contribution in [0.4, 0.5) is 14.5 Å². The van der Waals surface area contributed by atoms with E-state index in [0.29, 0.717) is 0 Å². The lowest BCUT2D eigenvalue weighted by Gasteiger charge is -2.07. The van der Waals surface area contributed by atoms with Gasteiger partial charge < -0.3 is 5.32 Å². The Labute approximate surface area is 92.4 Å². The fourth-order valence-electron chi connectivity index (χ4n) is 0.853. The summed E-state index contributed by atoms with van der Waals surface area (Å²) in [7, 11) is 0. The molecule has 0 fully saturated rings. The Morgan fingerprint density at radius 2 is 2.14 bits per heavy atom. The van der Waals surface area contributed by atoms with Crippen LogP contribution >= 0.6 is 27.5 Å². The third-order valence-corrected chi connectivity index (χ3v) is 2.82. The van der Waals surface area contributed by atoms with Crippen LogP contribution in [0.25, 0.3) is 0 Å². The van der Waals surface area contributed by atoms with Gasteiger partial charge in [-0.15, -0.1) is 0 Å². The van der Waals surface area contributed by atoms with Gasteiger partial charge >= 0.3 is 0 Å². The molecule has 0 heterocycles. The smallest absolute Gasteiger partial charge is 0.221 e. The molecular formula is C8H5BrClF2NO. The van der Waals surface area contributed by atoms with Gasteiger partial charge in [-0.25, -0.2) is 8.78 Å².